The van der Waals surface area contributed by atoms with Gasteiger partial charge in [0.1, 0.15) is 91.4 Å². The molecule has 0 aromatic carbocycles. The van der Waals surface area contributed by atoms with Crippen molar-refractivity contribution in [1.29, 1.82) is 0 Å². The summed E-state index contributed by atoms with van der Waals surface area (Å²) < 4.78 is 34.4. The molecule has 18 atom stereocenters. The van der Waals surface area contributed by atoms with E-state index in [-0.39, 0.29) is 0 Å². The van der Waals surface area contributed by atoms with Gasteiger partial charge in [0.25, 0.3) is 0 Å². The summed E-state index contributed by atoms with van der Waals surface area (Å²) in [5.74, 6) is -2.07. The lowest BCUT2D eigenvalue weighted by molar-refractivity contribution is -0.351. The van der Waals surface area contributed by atoms with Crippen molar-refractivity contribution < 1.29 is 99.0 Å². The number of nitrogens with one attached hydrogen (secondary N) is 3. The number of carbonyl (C=O) groups excluding carboxylic acids is 3. The molecule has 0 aromatic heterocycles. The minimum Gasteiger partial charge on any atom is -0.394 e. The van der Waals surface area contributed by atoms with E-state index in [0.717, 1.165) is 20.8 Å². The topological polar surface area (TPSA) is 365 Å². The Morgan fingerprint density at radius 1 is 0.615 bits per heavy atom. The molecule has 0 bridgehead atoms. The van der Waals surface area contributed by atoms with Crippen LogP contribution in [0.4, 0.5) is 0 Å². The standard InChI is InChI=1S/C29H51N3O20/c1-9(37)30-4-13(47-29-24(46)23(45)20(42)15(7-35)49-29)25(12(40)5-33)51-28-18(32-11(3)39)22(44)26(16(8-36)50-28)52-27-17(31-10(2)38)21(43)19(41)14(6-34)48-27/h12-29,33-36,40-46H,4-8H2,1-3H3,(H,30,37)(H,31,38)(H,32,39)/t12?,13-,14?,15?,16?,17?,18?,19+,20-,21-,22-,23+,24?,25+,26+,27-,28-,29-/m1/s1. The van der Waals surface area contributed by atoms with Gasteiger partial charge in [-0.2, -0.15) is 0 Å². The maximum Gasteiger partial charge on any atom is 0.217 e. The molecule has 0 spiro atoms. The summed E-state index contributed by atoms with van der Waals surface area (Å²) in [6.45, 7) is -0.848. The van der Waals surface area contributed by atoms with Crippen LogP contribution in [0.15, 0.2) is 0 Å². The summed E-state index contributed by atoms with van der Waals surface area (Å²) in [6, 6.07) is -3.12. The van der Waals surface area contributed by atoms with E-state index in [1.165, 1.54) is 0 Å². The van der Waals surface area contributed by atoms with Crippen LogP contribution < -0.4 is 16.0 Å². The Labute approximate surface area is 296 Å². The first-order valence-electron chi connectivity index (χ1n) is 16.4. The lowest BCUT2D eigenvalue weighted by Crippen LogP contribution is -2.70. The van der Waals surface area contributed by atoms with Gasteiger partial charge < -0.3 is 101 Å². The van der Waals surface area contributed by atoms with Gasteiger partial charge in [0, 0.05) is 27.3 Å². The number of carbonyl (C=O) groups is 3. The molecule has 3 saturated heterocycles. The van der Waals surface area contributed by atoms with Crippen molar-refractivity contribution in [2.24, 2.45) is 0 Å². The minimum absolute atomic E-state index is 0.537. The number of aliphatic hydroxyl groups is 11. The molecule has 52 heavy (non-hydrogen) atoms. The van der Waals surface area contributed by atoms with Crippen LogP contribution in [0.2, 0.25) is 0 Å². The molecule has 23 nitrogen and oxygen atoms in total. The van der Waals surface area contributed by atoms with Crippen molar-refractivity contribution in [3.63, 3.8) is 0 Å². The third-order valence-electron chi connectivity index (χ3n) is 8.70. The van der Waals surface area contributed by atoms with Crippen LogP contribution in [0, 0.1) is 0 Å². The van der Waals surface area contributed by atoms with Crippen LogP contribution in [-0.2, 0) is 42.8 Å². The highest BCUT2D eigenvalue weighted by molar-refractivity contribution is 5.74. The van der Waals surface area contributed by atoms with Gasteiger partial charge in [-0.05, 0) is 0 Å². The van der Waals surface area contributed by atoms with E-state index in [4.69, 9.17) is 28.4 Å². The first kappa shape index (κ1) is 44.1. The van der Waals surface area contributed by atoms with E-state index >= 15 is 0 Å². The maximum atomic E-state index is 12.3. The van der Waals surface area contributed by atoms with Crippen LogP contribution >= 0.6 is 0 Å². The normalized spacial score (nSPS) is 39.9. The predicted octanol–water partition coefficient (Wildman–Crippen LogP) is -9.04. The first-order chi connectivity index (χ1) is 24.5. The third kappa shape index (κ3) is 10.7. The second kappa shape index (κ2) is 19.9. The second-order valence-electron chi connectivity index (χ2n) is 12.6. The van der Waals surface area contributed by atoms with Crippen LogP contribution in [0.1, 0.15) is 20.8 Å². The lowest BCUT2D eigenvalue weighted by atomic mass is 9.94. The van der Waals surface area contributed by atoms with E-state index in [9.17, 15) is 70.6 Å². The molecule has 3 fully saturated rings. The fourth-order valence-electron chi connectivity index (χ4n) is 6.00. The zero-order valence-electron chi connectivity index (χ0n) is 28.5. The minimum atomic E-state index is -1.95. The highest BCUT2D eigenvalue weighted by Crippen LogP contribution is 2.32. The first-order valence-corrected chi connectivity index (χ1v) is 16.4. The van der Waals surface area contributed by atoms with Crippen LogP contribution in [0.3, 0.4) is 0 Å². The van der Waals surface area contributed by atoms with Gasteiger partial charge in [0.15, 0.2) is 18.9 Å². The van der Waals surface area contributed by atoms with E-state index in [1.54, 1.807) is 0 Å². The molecule has 3 rings (SSSR count). The Balaban J connectivity index is 1.96. The highest BCUT2D eigenvalue weighted by atomic mass is 16.7. The number of amides is 3. The molecule has 0 aliphatic carbocycles. The van der Waals surface area contributed by atoms with Gasteiger partial charge in [-0.1, -0.05) is 0 Å². The highest BCUT2D eigenvalue weighted by Gasteiger charge is 2.53. The molecule has 23 heteroatoms. The molecule has 302 valence electrons. The molecule has 0 saturated carbocycles. The summed E-state index contributed by atoms with van der Waals surface area (Å²) >= 11 is 0. The molecular weight excluding hydrogens is 710 g/mol. The zero-order valence-corrected chi connectivity index (χ0v) is 28.5. The molecule has 14 N–H and O–H groups in total. The van der Waals surface area contributed by atoms with Gasteiger partial charge in [0.2, 0.25) is 17.7 Å². The van der Waals surface area contributed by atoms with Crippen molar-refractivity contribution in [3.8, 4) is 0 Å². The predicted molar refractivity (Wildman–Crippen MR) is 165 cm³/mol. The molecule has 7 unspecified atom stereocenters. The Morgan fingerprint density at radius 2 is 1.12 bits per heavy atom. The number of rotatable bonds is 16. The molecule has 0 radical (unpaired) electrons. The fraction of sp³-hybridized carbons (Fsp3) is 0.897. The van der Waals surface area contributed by atoms with E-state index < -0.39 is 161 Å². The smallest absolute Gasteiger partial charge is 0.217 e. The van der Waals surface area contributed by atoms with Crippen molar-refractivity contribution in [3.05, 3.63) is 0 Å². The Hall–Kier alpha value is -2.27. The van der Waals surface area contributed by atoms with Crippen molar-refractivity contribution in [2.75, 3.05) is 33.0 Å². The fourth-order valence-corrected chi connectivity index (χ4v) is 6.00. The monoisotopic (exact) mass is 761 g/mol. The number of aliphatic hydroxyl groups excluding tert-OH is 11. The largest absolute Gasteiger partial charge is 0.394 e. The number of ether oxygens (including phenoxy) is 6. The molecule has 3 aliphatic heterocycles. The van der Waals surface area contributed by atoms with Gasteiger partial charge in [-0.15, -0.1) is 0 Å². The SMILES string of the molecule is CC(=O)NC[C@@H](O[C@@H]1OC(CO)[C@@H](O)[C@H](O)C1O)[C@@H](O[C@H]1OC(CO)[C@H](O[C@H]2OC(CO)[C@H](O)[C@H](O)C2NC(C)=O)[C@H](O)C1NC(C)=O)C(O)CO. The summed E-state index contributed by atoms with van der Waals surface area (Å²) in [5.41, 5.74) is 0. The Kier molecular flexibility index (Phi) is 16.9. The van der Waals surface area contributed by atoms with Crippen molar-refractivity contribution >= 4 is 17.7 Å². The van der Waals surface area contributed by atoms with E-state index in [0.29, 0.717) is 0 Å². The third-order valence-corrected chi connectivity index (χ3v) is 8.70. The zero-order chi connectivity index (χ0) is 39.0. The average molecular weight is 762 g/mol. The molecule has 3 amide bonds. The maximum absolute atomic E-state index is 12.3. The molecule has 3 aliphatic rings. The van der Waals surface area contributed by atoms with Gasteiger partial charge in [0.05, 0.1) is 26.4 Å². The second-order valence-corrected chi connectivity index (χ2v) is 12.6. The summed E-state index contributed by atoms with van der Waals surface area (Å²) in [6.07, 6.45) is -27.7. The van der Waals surface area contributed by atoms with Crippen LogP contribution in [0.5, 0.6) is 0 Å². The van der Waals surface area contributed by atoms with Crippen LogP contribution in [-0.4, -0.2) is 217 Å². The number of hydrogen-bond acceptors (Lipinski definition) is 20. The summed E-state index contributed by atoms with van der Waals surface area (Å²) in [7, 11) is 0. The molecule has 3 heterocycles. The quantitative estimate of drug-likeness (QED) is 0.0694. The summed E-state index contributed by atoms with van der Waals surface area (Å²) in [5, 5.41) is 121. The van der Waals surface area contributed by atoms with Crippen molar-refractivity contribution in [1.82, 2.24) is 16.0 Å². The van der Waals surface area contributed by atoms with E-state index in [2.05, 4.69) is 16.0 Å². The summed E-state index contributed by atoms with van der Waals surface area (Å²) in [4.78, 5) is 36.1. The van der Waals surface area contributed by atoms with Gasteiger partial charge in [-0.3, -0.25) is 14.4 Å². The van der Waals surface area contributed by atoms with E-state index in [1.807, 2.05) is 0 Å². The van der Waals surface area contributed by atoms with Gasteiger partial charge in [-0.25, -0.2) is 0 Å². The Morgan fingerprint density at radius 3 is 1.62 bits per heavy atom. The van der Waals surface area contributed by atoms with Crippen LogP contribution in [0.25, 0.3) is 0 Å². The van der Waals surface area contributed by atoms with Gasteiger partial charge >= 0.3 is 0 Å². The van der Waals surface area contributed by atoms with Crippen molar-refractivity contribution in [2.45, 2.75) is 131 Å². The Bertz CT molecular complexity index is 1160. The number of hydrogen-bond donors (Lipinski definition) is 14. The molecule has 0 aromatic rings. The average Bonchev–Trinajstić information content (AvgIpc) is 3.10. The lowest BCUT2D eigenvalue weighted by Gasteiger charge is -2.49. The molecular formula is C29H51N3O20.